The van der Waals surface area contributed by atoms with Crippen molar-refractivity contribution < 1.29 is 17.2 Å². The molecule has 0 aliphatic heterocycles. The van der Waals surface area contributed by atoms with E-state index in [0.717, 1.165) is 27.8 Å². The molecule has 0 radical (unpaired) electrons. The van der Waals surface area contributed by atoms with Crippen molar-refractivity contribution in [3.63, 3.8) is 0 Å². The Morgan fingerprint density at radius 3 is 2.55 bits per heavy atom. The first-order chi connectivity index (χ1) is 9.46. The van der Waals surface area contributed by atoms with Crippen molar-refractivity contribution in [1.82, 2.24) is 0 Å². The summed E-state index contributed by atoms with van der Waals surface area (Å²) in [6, 6.07) is 6.02. The fourth-order valence-corrected chi connectivity index (χ4v) is 4.15. The molecule has 0 saturated heterocycles. The van der Waals surface area contributed by atoms with Crippen molar-refractivity contribution in [1.29, 1.82) is 0 Å². The van der Waals surface area contributed by atoms with Gasteiger partial charge in [0.25, 0.3) is 10.0 Å². The average molecular weight is 315 g/mol. The number of nitrogens with zero attached hydrogens (tertiary/aromatic N) is 1. The summed E-state index contributed by atoms with van der Waals surface area (Å²) in [5, 5.41) is 1.63. The predicted octanol–water partition coefficient (Wildman–Crippen LogP) is 3.41. The van der Waals surface area contributed by atoms with Crippen LogP contribution < -0.4 is 4.31 Å². The van der Waals surface area contributed by atoms with Crippen LogP contribution in [0.25, 0.3) is 0 Å². The summed E-state index contributed by atoms with van der Waals surface area (Å²) in [5.41, 5.74) is 0.0530. The molecule has 2 rings (SSSR count). The SMILES string of the molecule is C=CCN(c1ccc(F)c(F)c1)S(=O)(=O)c1cccs1. The van der Waals surface area contributed by atoms with E-state index in [0.29, 0.717) is 0 Å². The Hall–Kier alpha value is -1.73. The second-order valence-electron chi connectivity index (χ2n) is 3.86. The van der Waals surface area contributed by atoms with Crippen molar-refractivity contribution in [3.8, 4) is 0 Å². The molecule has 0 aliphatic carbocycles. The number of benzene rings is 1. The number of hydrogen-bond acceptors (Lipinski definition) is 3. The number of sulfonamides is 1. The zero-order chi connectivity index (χ0) is 14.8. The van der Waals surface area contributed by atoms with Crippen LogP contribution in [0.15, 0.2) is 52.6 Å². The van der Waals surface area contributed by atoms with Gasteiger partial charge in [0.2, 0.25) is 0 Å². The zero-order valence-corrected chi connectivity index (χ0v) is 11.9. The summed E-state index contributed by atoms with van der Waals surface area (Å²) in [4.78, 5) is 0. The Bertz CT molecular complexity index is 712. The molecule has 1 aromatic carbocycles. The highest BCUT2D eigenvalue weighted by Gasteiger charge is 2.25. The first-order valence-corrected chi connectivity index (χ1v) is 7.91. The summed E-state index contributed by atoms with van der Waals surface area (Å²) in [5.74, 6) is -2.13. The van der Waals surface area contributed by atoms with Gasteiger partial charge in [0.05, 0.1) is 12.2 Å². The molecule has 0 bridgehead atoms. The van der Waals surface area contributed by atoms with Crippen molar-refractivity contribution in [2.24, 2.45) is 0 Å². The number of halogens is 2. The van der Waals surface area contributed by atoms with Crippen LogP contribution in [0.5, 0.6) is 0 Å². The Labute approximate surface area is 119 Å². The topological polar surface area (TPSA) is 37.4 Å². The maximum Gasteiger partial charge on any atom is 0.274 e. The van der Waals surface area contributed by atoms with Crippen molar-refractivity contribution in [2.45, 2.75) is 4.21 Å². The van der Waals surface area contributed by atoms with Gasteiger partial charge in [0, 0.05) is 6.07 Å². The minimum atomic E-state index is -3.81. The molecule has 0 N–H and O–H groups in total. The summed E-state index contributed by atoms with van der Waals surface area (Å²) in [6.45, 7) is 3.45. The molecule has 7 heteroatoms. The lowest BCUT2D eigenvalue weighted by Crippen LogP contribution is -2.30. The van der Waals surface area contributed by atoms with Crippen LogP contribution in [0.1, 0.15) is 0 Å². The van der Waals surface area contributed by atoms with Gasteiger partial charge in [-0.2, -0.15) is 0 Å². The third kappa shape index (κ3) is 2.73. The molecular weight excluding hydrogens is 304 g/mol. The lowest BCUT2D eigenvalue weighted by Gasteiger charge is -2.22. The second-order valence-corrected chi connectivity index (χ2v) is 6.89. The molecule has 20 heavy (non-hydrogen) atoms. The fourth-order valence-electron chi connectivity index (χ4n) is 1.62. The maximum absolute atomic E-state index is 13.3. The average Bonchev–Trinajstić information content (AvgIpc) is 2.94. The van der Waals surface area contributed by atoms with E-state index in [4.69, 9.17) is 0 Å². The van der Waals surface area contributed by atoms with Gasteiger partial charge < -0.3 is 0 Å². The van der Waals surface area contributed by atoms with Crippen molar-refractivity contribution >= 4 is 27.0 Å². The molecule has 1 aromatic heterocycles. The van der Waals surface area contributed by atoms with Gasteiger partial charge in [-0.1, -0.05) is 12.1 Å². The number of thiophene rings is 1. The minimum Gasteiger partial charge on any atom is -0.262 e. The zero-order valence-electron chi connectivity index (χ0n) is 10.3. The standard InChI is InChI=1S/C13H11F2NO2S2/c1-2-7-16(10-5-6-11(14)12(15)9-10)20(17,18)13-4-3-8-19-13/h2-6,8-9H,1,7H2. The van der Waals surface area contributed by atoms with Gasteiger partial charge in [-0.05, 0) is 23.6 Å². The highest BCUT2D eigenvalue weighted by Crippen LogP contribution is 2.27. The second kappa shape index (κ2) is 5.72. The van der Waals surface area contributed by atoms with Gasteiger partial charge in [0.15, 0.2) is 11.6 Å². The third-order valence-corrected chi connectivity index (χ3v) is 5.69. The Morgan fingerprint density at radius 1 is 1.25 bits per heavy atom. The van der Waals surface area contributed by atoms with E-state index in [2.05, 4.69) is 6.58 Å². The highest BCUT2D eigenvalue weighted by molar-refractivity contribution is 7.94. The molecular formula is C13H11F2NO2S2. The molecule has 0 unspecified atom stereocenters. The summed E-state index contributed by atoms with van der Waals surface area (Å²) >= 11 is 1.05. The quantitative estimate of drug-likeness (QED) is 0.793. The molecule has 2 aromatic rings. The van der Waals surface area contributed by atoms with Crippen LogP contribution in [0.4, 0.5) is 14.5 Å². The van der Waals surface area contributed by atoms with E-state index in [9.17, 15) is 17.2 Å². The van der Waals surface area contributed by atoms with Crippen LogP contribution in [0, 0.1) is 11.6 Å². The largest absolute Gasteiger partial charge is 0.274 e. The number of anilines is 1. The van der Waals surface area contributed by atoms with E-state index >= 15 is 0 Å². The molecule has 3 nitrogen and oxygen atoms in total. The molecule has 0 fully saturated rings. The van der Waals surface area contributed by atoms with Gasteiger partial charge in [0.1, 0.15) is 4.21 Å². The van der Waals surface area contributed by atoms with Crippen LogP contribution in [0.2, 0.25) is 0 Å². The molecule has 1 heterocycles. The first kappa shape index (κ1) is 14.7. The lowest BCUT2D eigenvalue weighted by molar-refractivity contribution is 0.508. The molecule has 0 saturated carbocycles. The molecule has 0 spiro atoms. The normalized spacial score (nSPS) is 11.3. The Kier molecular flexibility index (Phi) is 4.20. The minimum absolute atomic E-state index is 0.0364. The van der Waals surface area contributed by atoms with E-state index < -0.39 is 21.7 Å². The summed E-state index contributed by atoms with van der Waals surface area (Å²) in [7, 11) is -3.81. The number of rotatable bonds is 5. The highest BCUT2D eigenvalue weighted by atomic mass is 32.2. The molecule has 0 amide bonds. The van der Waals surface area contributed by atoms with E-state index in [1.165, 1.54) is 18.2 Å². The predicted molar refractivity (Wildman–Crippen MR) is 75.4 cm³/mol. The fraction of sp³-hybridized carbons (Fsp3) is 0.0769. The molecule has 0 atom stereocenters. The molecule has 106 valence electrons. The summed E-state index contributed by atoms with van der Waals surface area (Å²) < 4.78 is 52.3. The van der Waals surface area contributed by atoms with Crippen LogP contribution in [0.3, 0.4) is 0 Å². The van der Waals surface area contributed by atoms with Crippen LogP contribution in [-0.4, -0.2) is 15.0 Å². The smallest absolute Gasteiger partial charge is 0.262 e. The monoisotopic (exact) mass is 315 g/mol. The maximum atomic E-state index is 13.3. The van der Waals surface area contributed by atoms with Crippen LogP contribution >= 0.6 is 11.3 Å². The summed E-state index contributed by atoms with van der Waals surface area (Å²) in [6.07, 6.45) is 1.38. The third-order valence-electron chi connectivity index (χ3n) is 2.53. The van der Waals surface area contributed by atoms with Gasteiger partial charge in [-0.25, -0.2) is 17.2 Å². The van der Waals surface area contributed by atoms with E-state index in [-0.39, 0.29) is 16.4 Å². The van der Waals surface area contributed by atoms with E-state index in [1.54, 1.807) is 11.4 Å². The lowest BCUT2D eigenvalue weighted by atomic mass is 10.3. The van der Waals surface area contributed by atoms with Gasteiger partial charge in [-0.3, -0.25) is 4.31 Å². The number of hydrogen-bond donors (Lipinski definition) is 0. The van der Waals surface area contributed by atoms with Crippen molar-refractivity contribution in [2.75, 3.05) is 10.8 Å². The van der Waals surface area contributed by atoms with Crippen molar-refractivity contribution in [3.05, 3.63) is 60.0 Å². The Morgan fingerprint density at radius 2 is 2.00 bits per heavy atom. The van der Waals surface area contributed by atoms with Crippen LogP contribution in [-0.2, 0) is 10.0 Å². The van der Waals surface area contributed by atoms with E-state index in [1.807, 2.05) is 0 Å². The van der Waals surface area contributed by atoms with Gasteiger partial charge in [-0.15, -0.1) is 17.9 Å². The Balaban J connectivity index is 2.51. The first-order valence-electron chi connectivity index (χ1n) is 5.59. The van der Waals surface area contributed by atoms with Gasteiger partial charge >= 0.3 is 0 Å². The molecule has 0 aliphatic rings.